The molecule has 6 heteroatoms. The van der Waals surface area contributed by atoms with Crippen molar-refractivity contribution in [2.75, 3.05) is 33.9 Å². The van der Waals surface area contributed by atoms with E-state index < -0.39 is 0 Å². The number of carbonyl (C=O) groups is 1. The summed E-state index contributed by atoms with van der Waals surface area (Å²) in [6.45, 7) is 7.29. The normalized spacial score (nSPS) is 41.7. The van der Waals surface area contributed by atoms with E-state index in [0.29, 0.717) is 11.8 Å². The molecule has 6 nitrogen and oxygen atoms in total. The first-order chi connectivity index (χ1) is 15.9. The number of ether oxygens (including phenoxy) is 4. The molecule has 3 aliphatic heterocycles. The Hall–Kier alpha value is -1.79. The predicted molar refractivity (Wildman–Crippen MR) is 123 cm³/mol. The number of nitrogens with zero attached hydrogens (tertiary/aromatic N) is 1. The molecule has 0 bridgehead atoms. The summed E-state index contributed by atoms with van der Waals surface area (Å²) >= 11 is 0. The van der Waals surface area contributed by atoms with E-state index in [2.05, 4.69) is 30.9 Å². The maximum absolute atomic E-state index is 13.1. The molecule has 5 aliphatic rings. The number of hydrogen-bond donors (Lipinski definition) is 0. The third-order valence-corrected chi connectivity index (χ3v) is 9.82. The second-order valence-electron chi connectivity index (χ2n) is 11.4. The van der Waals surface area contributed by atoms with E-state index in [1.807, 2.05) is 0 Å². The zero-order valence-corrected chi connectivity index (χ0v) is 20.4. The SMILES string of the molecule is COc1cc2c(cc1OC)[C@H](C)N(C[C@H]1C(=O)O[C@@H]3C[C@@]4(C)CCC[C@@]5(CO5)[C@H]4C[C@H]31)CC2. The summed E-state index contributed by atoms with van der Waals surface area (Å²) in [7, 11) is 3.37. The second-order valence-corrected chi connectivity index (χ2v) is 11.4. The lowest BCUT2D eigenvalue weighted by Gasteiger charge is -2.51. The zero-order chi connectivity index (χ0) is 23.0. The van der Waals surface area contributed by atoms with Gasteiger partial charge in [0.05, 0.1) is 32.3 Å². The number of rotatable bonds is 4. The van der Waals surface area contributed by atoms with Gasteiger partial charge >= 0.3 is 5.97 Å². The van der Waals surface area contributed by atoms with Crippen LogP contribution in [-0.4, -0.2) is 56.5 Å². The maximum Gasteiger partial charge on any atom is 0.310 e. The van der Waals surface area contributed by atoms with Gasteiger partial charge in [0.25, 0.3) is 0 Å². The molecule has 0 radical (unpaired) electrons. The molecule has 1 aromatic carbocycles. The van der Waals surface area contributed by atoms with Crippen LogP contribution in [0.5, 0.6) is 11.5 Å². The van der Waals surface area contributed by atoms with Gasteiger partial charge in [-0.2, -0.15) is 0 Å². The van der Waals surface area contributed by atoms with Crippen LogP contribution in [0.3, 0.4) is 0 Å². The summed E-state index contributed by atoms with van der Waals surface area (Å²) in [4.78, 5) is 15.6. The summed E-state index contributed by atoms with van der Waals surface area (Å²) in [5.41, 5.74) is 2.93. The van der Waals surface area contributed by atoms with Gasteiger partial charge in [0, 0.05) is 25.0 Å². The first-order valence-corrected chi connectivity index (χ1v) is 12.7. The number of esters is 1. The van der Waals surface area contributed by atoms with Crippen molar-refractivity contribution in [1.82, 2.24) is 4.90 Å². The van der Waals surface area contributed by atoms with E-state index in [1.54, 1.807) is 14.2 Å². The molecular formula is C27H37NO5. The van der Waals surface area contributed by atoms with Gasteiger partial charge in [-0.15, -0.1) is 0 Å². The Balaban J connectivity index is 1.22. The van der Waals surface area contributed by atoms with Crippen molar-refractivity contribution in [2.45, 2.75) is 70.1 Å². The largest absolute Gasteiger partial charge is 0.493 e. The van der Waals surface area contributed by atoms with Gasteiger partial charge in [0.1, 0.15) is 6.10 Å². The summed E-state index contributed by atoms with van der Waals surface area (Å²) in [5.74, 6) is 2.41. The molecule has 0 amide bonds. The van der Waals surface area contributed by atoms with Crippen molar-refractivity contribution in [3.8, 4) is 11.5 Å². The molecule has 1 aromatic rings. The Morgan fingerprint density at radius 2 is 1.94 bits per heavy atom. The minimum absolute atomic E-state index is 0.0170. The van der Waals surface area contributed by atoms with Gasteiger partial charge in [-0.25, -0.2) is 0 Å². The fourth-order valence-electron chi connectivity index (χ4n) is 7.86. The third-order valence-electron chi connectivity index (χ3n) is 9.82. The van der Waals surface area contributed by atoms with Gasteiger partial charge in [-0.1, -0.05) is 6.92 Å². The molecule has 2 aliphatic carbocycles. The molecule has 6 rings (SSSR count). The van der Waals surface area contributed by atoms with Crippen LogP contribution in [0.4, 0.5) is 0 Å². The smallest absolute Gasteiger partial charge is 0.310 e. The number of benzene rings is 1. The van der Waals surface area contributed by atoms with Crippen LogP contribution in [0.25, 0.3) is 0 Å². The third kappa shape index (κ3) is 3.31. The predicted octanol–water partition coefficient (Wildman–Crippen LogP) is 4.15. The molecular weight excluding hydrogens is 418 g/mol. The number of epoxide rings is 1. The average molecular weight is 456 g/mol. The highest BCUT2D eigenvalue weighted by molar-refractivity contribution is 5.75. The van der Waals surface area contributed by atoms with Gasteiger partial charge in [0.15, 0.2) is 11.5 Å². The van der Waals surface area contributed by atoms with Crippen molar-refractivity contribution in [3.05, 3.63) is 23.3 Å². The Bertz CT molecular complexity index is 958. The summed E-state index contributed by atoms with van der Waals surface area (Å²) in [6, 6.07) is 4.45. The highest BCUT2D eigenvalue weighted by Crippen LogP contribution is 2.63. The lowest BCUT2D eigenvalue weighted by atomic mass is 9.53. The van der Waals surface area contributed by atoms with E-state index in [9.17, 15) is 4.79 Å². The van der Waals surface area contributed by atoms with Crippen molar-refractivity contribution in [3.63, 3.8) is 0 Å². The molecule has 0 aromatic heterocycles. The standard InChI is InChI=1S/C27H37NO5/c1-16-18-11-22(31-4)21(30-3)10-17(18)6-9-28(16)14-20-19-12-24-26(2,13-23(19)33-25(20)29)7-5-8-27(24)15-32-27/h10-11,16,19-20,23-24H,5-9,12-15H2,1-4H3/t16-,19-,20+,23+,24-,26+,27+/m0/s1. The van der Waals surface area contributed by atoms with Gasteiger partial charge in [-0.3, -0.25) is 9.69 Å². The van der Waals surface area contributed by atoms with Gasteiger partial charge in [0.2, 0.25) is 0 Å². The quantitative estimate of drug-likeness (QED) is 0.502. The molecule has 3 heterocycles. The van der Waals surface area contributed by atoms with Crippen molar-refractivity contribution in [1.29, 1.82) is 0 Å². The molecule has 0 unspecified atom stereocenters. The number of carbonyl (C=O) groups excluding carboxylic acids is 1. The molecule has 33 heavy (non-hydrogen) atoms. The zero-order valence-electron chi connectivity index (χ0n) is 20.4. The van der Waals surface area contributed by atoms with Crippen LogP contribution in [-0.2, 0) is 20.7 Å². The van der Waals surface area contributed by atoms with Crippen molar-refractivity contribution < 1.29 is 23.7 Å². The first-order valence-electron chi connectivity index (χ1n) is 12.7. The molecule has 180 valence electrons. The highest BCUT2D eigenvalue weighted by Gasteiger charge is 2.65. The number of hydrogen-bond acceptors (Lipinski definition) is 6. The molecule has 4 fully saturated rings. The van der Waals surface area contributed by atoms with E-state index in [0.717, 1.165) is 50.5 Å². The van der Waals surface area contributed by atoms with Crippen LogP contribution >= 0.6 is 0 Å². The number of methoxy groups -OCH3 is 2. The van der Waals surface area contributed by atoms with Crippen molar-refractivity contribution >= 4 is 5.97 Å². The average Bonchev–Trinajstić information content (AvgIpc) is 3.51. The summed E-state index contributed by atoms with van der Waals surface area (Å²) < 4.78 is 23.2. The summed E-state index contributed by atoms with van der Waals surface area (Å²) in [5, 5.41) is 0. The monoisotopic (exact) mass is 455 g/mol. The van der Waals surface area contributed by atoms with E-state index in [-0.39, 0.29) is 35.0 Å². The Labute approximate surface area is 196 Å². The van der Waals surface area contributed by atoms with Crippen LogP contribution in [0, 0.1) is 23.2 Å². The molecule has 1 spiro atoms. The van der Waals surface area contributed by atoms with Crippen LogP contribution < -0.4 is 9.47 Å². The Kier molecular flexibility index (Phi) is 5.01. The first kappa shape index (κ1) is 21.7. The number of fused-ring (bicyclic) bond motifs is 4. The van der Waals surface area contributed by atoms with Crippen LogP contribution in [0.1, 0.15) is 63.1 Å². The minimum atomic E-state index is -0.0404. The lowest BCUT2D eigenvalue weighted by molar-refractivity contribution is -0.147. The topological polar surface area (TPSA) is 60.5 Å². The Morgan fingerprint density at radius 3 is 2.67 bits per heavy atom. The van der Waals surface area contributed by atoms with Gasteiger partial charge in [-0.05, 0) is 80.0 Å². The Morgan fingerprint density at radius 1 is 1.18 bits per heavy atom. The second kappa shape index (κ2) is 7.61. The maximum atomic E-state index is 13.1. The minimum Gasteiger partial charge on any atom is -0.493 e. The van der Waals surface area contributed by atoms with E-state index in [4.69, 9.17) is 18.9 Å². The van der Waals surface area contributed by atoms with E-state index >= 15 is 0 Å². The molecule has 0 N–H and O–H groups in total. The fourth-order valence-corrected chi connectivity index (χ4v) is 7.86. The summed E-state index contributed by atoms with van der Waals surface area (Å²) in [6.07, 6.45) is 6.77. The van der Waals surface area contributed by atoms with Crippen LogP contribution in [0.2, 0.25) is 0 Å². The highest BCUT2D eigenvalue weighted by atomic mass is 16.6. The van der Waals surface area contributed by atoms with Crippen molar-refractivity contribution in [2.24, 2.45) is 23.2 Å². The molecule has 2 saturated heterocycles. The molecule has 2 saturated carbocycles. The van der Waals surface area contributed by atoms with Gasteiger partial charge < -0.3 is 18.9 Å². The van der Waals surface area contributed by atoms with Crippen LogP contribution in [0.15, 0.2) is 12.1 Å². The van der Waals surface area contributed by atoms with E-state index in [1.165, 1.54) is 30.4 Å². The molecule has 7 atom stereocenters. The lowest BCUT2D eigenvalue weighted by Crippen LogP contribution is -2.51. The fraction of sp³-hybridized carbons (Fsp3) is 0.741.